The van der Waals surface area contributed by atoms with Gasteiger partial charge in [-0.05, 0) is 30.7 Å². The first-order valence-corrected chi connectivity index (χ1v) is 8.80. The number of nitrogens with two attached hydrogens (primary N) is 1. The highest BCUT2D eigenvalue weighted by Crippen LogP contribution is 2.19. The van der Waals surface area contributed by atoms with Gasteiger partial charge in [0.15, 0.2) is 5.96 Å². The first-order valence-electron chi connectivity index (χ1n) is 8.42. The van der Waals surface area contributed by atoms with Crippen LogP contribution in [0.2, 0.25) is 5.02 Å². The van der Waals surface area contributed by atoms with Crippen LogP contribution in [0.25, 0.3) is 0 Å². The summed E-state index contributed by atoms with van der Waals surface area (Å²) in [4.78, 5) is 20.2. The molecule has 7 heteroatoms. The van der Waals surface area contributed by atoms with Gasteiger partial charge < -0.3 is 20.9 Å². The molecule has 0 unspecified atom stereocenters. The van der Waals surface area contributed by atoms with Crippen LogP contribution in [-0.4, -0.2) is 56.0 Å². The number of nitrogens with zero attached hydrogens (tertiary/aromatic N) is 3. The maximum atomic E-state index is 11.5. The molecule has 1 saturated heterocycles. The Morgan fingerprint density at radius 3 is 2.54 bits per heavy atom. The molecular weight excluding hydrogens is 326 g/mol. The summed E-state index contributed by atoms with van der Waals surface area (Å²) >= 11 is 5.93. The van der Waals surface area contributed by atoms with Crippen molar-refractivity contribution in [1.29, 1.82) is 0 Å². The quantitative estimate of drug-likeness (QED) is 0.604. The highest BCUT2D eigenvalue weighted by atomic mass is 35.5. The minimum Gasteiger partial charge on any atom is -0.370 e. The zero-order valence-corrected chi connectivity index (χ0v) is 14.9. The number of nitrogens with one attached hydrogen (secondary N) is 1. The van der Waals surface area contributed by atoms with Gasteiger partial charge in [-0.2, -0.15) is 0 Å². The Bertz CT molecular complexity index is 553. The van der Waals surface area contributed by atoms with Crippen molar-refractivity contribution in [2.24, 2.45) is 10.7 Å². The number of benzene rings is 1. The van der Waals surface area contributed by atoms with Gasteiger partial charge in [0.2, 0.25) is 5.91 Å². The lowest BCUT2D eigenvalue weighted by atomic mass is 10.2. The number of guanidine groups is 1. The molecule has 6 nitrogen and oxygen atoms in total. The van der Waals surface area contributed by atoms with E-state index in [0.717, 1.165) is 37.6 Å². The van der Waals surface area contributed by atoms with Crippen LogP contribution in [0.15, 0.2) is 29.3 Å². The van der Waals surface area contributed by atoms with Crippen molar-refractivity contribution in [3.63, 3.8) is 0 Å². The van der Waals surface area contributed by atoms with Crippen LogP contribution in [0, 0.1) is 0 Å². The molecule has 1 amide bonds. The summed E-state index contributed by atoms with van der Waals surface area (Å²) in [7, 11) is 0. The molecule has 0 bridgehead atoms. The smallest absolute Gasteiger partial charge is 0.221 e. The van der Waals surface area contributed by atoms with Gasteiger partial charge in [0.25, 0.3) is 0 Å². The van der Waals surface area contributed by atoms with Crippen LogP contribution in [-0.2, 0) is 4.79 Å². The van der Waals surface area contributed by atoms with E-state index in [1.807, 2.05) is 31.2 Å². The molecule has 1 aliphatic heterocycles. The van der Waals surface area contributed by atoms with Crippen molar-refractivity contribution >= 4 is 29.2 Å². The zero-order valence-electron chi connectivity index (χ0n) is 14.2. The van der Waals surface area contributed by atoms with Gasteiger partial charge in [-0.25, -0.2) is 0 Å². The van der Waals surface area contributed by atoms with Crippen LogP contribution < -0.4 is 16.0 Å². The molecule has 0 atom stereocenters. The number of hydrogen-bond donors (Lipinski definition) is 2. The van der Waals surface area contributed by atoms with E-state index < -0.39 is 0 Å². The first kappa shape index (κ1) is 18.4. The van der Waals surface area contributed by atoms with Crippen LogP contribution in [0.1, 0.15) is 19.8 Å². The molecular formula is C17H26ClN5O. The zero-order chi connectivity index (χ0) is 17.4. The first-order chi connectivity index (χ1) is 11.6. The summed E-state index contributed by atoms with van der Waals surface area (Å²) in [5, 5.41) is 3.58. The van der Waals surface area contributed by atoms with E-state index in [1.54, 1.807) is 0 Å². The molecule has 1 heterocycles. The Labute approximate surface area is 148 Å². The number of anilines is 1. The molecule has 0 aliphatic carbocycles. The summed E-state index contributed by atoms with van der Waals surface area (Å²) < 4.78 is 0. The van der Waals surface area contributed by atoms with E-state index in [4.69, 9.17) is 17.3 Å². The van der Waals surface area contributed by atoms with Gasteiger partial charge in [0, 0.05) is 49.9 Å². The van der Waals surface area contributed by atoms with Crippen molar-refractivity contribution in [2.45, 2.75) is 19.8 Å². The largest absolute Gasteiger partial charge is 0.370 e. The van der Waals surface area contributed by atoms with Crippen molar-refractivity contribution in [2.75, 3.05) is 44.2 Å². The van der Waals surface area contributed by atoms with Gasteiger partial charge in [0.1, 0.15) is 0 Å². The van der Waals surface area contributed by atoms with E-state index in [-0.39, 0.29) is 5.91 Å². The van der Waals surface area contributed by atoms with Crippen LogP contribution in [0.3, 0.4) is 0 Å². The third kappa shape index (κ3) is 5.60. The fraction of sp³-hybridized carbons (Fsp3) is 0.529. The molecule has 3 N–H and O–H groups in total. The lowest BCUT2D eigenvalue weighted by molar-refractivity contribution is -0.120. The molecule has 1 fully saturated rings. The van der Waals surface area contributed by atoms with Crippen LogP contribution in [0.5, 0.6) is 0 Å². The number of carbonyl (C=O) groups excluding carboxylic acids is 1. The summed E-state index contributed by atoms with van der Waals surface area (Å²) in [6.07, 6.45) is 1.32. The summed E-state index contributed by atoms with van der Waals surface area (Å²) in [6.45, 7) is 6.58. The van der Waals surface area contributed by atoms with Gasteiger partial charge >= 0.3 is 0 Å². The van der Waals surface area contributed by atoms with Crippen molar-refractivity contribution in [3.8, 4) is 0 Å². The fourth-order valence-corrected chi connectivity index (χ4v) is 2.70. The Balaban J connectivity index is 1.75. The number of carbonyl (C=O) groups is 1. The highest BCUT2D eigenvalue weighted by molar-refractivity contribution is 6.30. The second-order valence-electron chi connectivity index (χ2n) is 5.79. The Hall–Kier alpha value is -1.95. The van der Waals surface area contributed by atoms with E-state index in [2.05, 4.69) is 20.1 Å². The summed E-state index contributed by atoms with van der Waals surface area (Å²) in [5.41, 5.74) is 7.22. The van der Waals surface area contributed by atoms with Crippen LogP contribution in [0.4, 0.5) is 5.69 Å². The third-order valence-electron chi connectivity index (χ3n) is 3.98. The maximum Gasteiger partial charge on any atom is 0.221 e. The number of rotatable bonds is 6. The maximum absolute atomic E-state index is 11.5. The molecule has 1 aromatic carbocycles. The second kappa shape index (κ2) is 9.37. The summed E-state index contributed by atoms with van der Waals surface area (Å²) in [6, 6.07) is 7.88. The standard InChI is InChI=1S/C17H26ClN5O/c1-2-8-20-16(24)7-9-21-17(19)23-12-10-22(11-13-23)15-5-3-14(18)4-6-15/h3-6H,2,7-13H2,1H3,(H2,19,21)(H,20,24). The molecule has 2 rings (SSSR count). The second-order valence-corrected chi connectivity index (χ2v) is 6.23. The predicted octanol–water partition coefficient (Wildman–Crippen LogP) is 1.69. The average Bonchev–Trinajstić information content (AvgIpc) is 2.60. The highest BCUT2D eigenvalue weighted by Gasteiger charge is 2.18. The number of hydrogen-bond acceptors (Lipinski definition) is 3. The monoisotopic (exact) mass is 351 g/mol. The lowest BCUT2D eigenvalue weighted by Crippen LogP contribution is -2.51. The van der Waals surface area contributed by atoms with Gasteiger partial charge in [-0.1, -0.05) is 18.5 Å². The molecule has 0 spiro atoms. The van der Waals surface area contributed by atoms with Crippen molar-refractivity contribution in [1.82, 2.24) is 10.2 Å². The van der Waals surface area contributed by atoms with Crippen LogP contribution >= 0.6 is 11.6 Å². The molecule has 0 aromatic heterocycles. The minimum atomic E-state index is 0.0287. The number of amides is 1. The SMILES string of the molecule is CCCNC(=O)CCN=C(N)N1CCN(c2ccc(Cl)cc2)CC1. The third-order valence-corrected chi connectivity index (χ3v) is 4.23. The summed E-state index contributed by atoms with van der Waals surface area (Å²) in [5.74, 6) is 0.551. The Morgan fingerprint density at radius 2 is 1.92 bits per heavy atom. The van der Waals surface area contributed by atoms with E-state index in [9.17, 15) is 4.79 Å². The fourth-order valence-electron chi connectivity index (χ4n) is 2.57. The van der Waals surface area contributed by atoms with Crippen molar-refractivity contribution in [3.05, 3.63) is 29.3 Å². The topological polar surface area (TPSA) is 74.0 Å². The lowest BCUT2D eigenvalue weighted by Gasteiger charge is -2.36. The molecule has 1 aliphatic rings. The van der Waals surface area contributed by atoms with Gasteiger partial charge in [-0.15, -0.1) is 0 Å². The molecule has 24 heavy (non-hydrogen) atoms. The average molecular weight is 352 g/mol. The molecule has 132 valence electrons. The van der Waals surface area contributed by atoms with Crippen molar-refractivity contribution < 1.29 is 4.79 Å². The number of aliphatic imine (C=N–C) groups is 1. The van der Waals surface area contributed by atoms with Gasteiger partial charge in [0.05, 0.1) is 6.54 Å². The number of halogens is 1. The molecule has 0 radical (unpaired) electrons. The van der Waals surface area contributed by atoms with E-state index >= 15 is 0 Å². The minimum absolute atomic E-state index is 0.0287. The predicted molar refractivity (Wildman–Crippen MR) is 99.6 cm³/mol. The van der Waals surface area contributed by atoms with E-state index in [1.165, 1.54) is 5.69 Å². The van der Waals surface area contributed by atoms with E-state index in [0.29, 0.717) is 25.5 Å². The molecule has 1 aromatic rings. The Morgan fingerprint density at radius 1 is 1.25 bits per heavy atom. The Kier molecular flexibility index (Phi) is 7.18. The number of piperazine rings is 1. The van der Waals surface area contributed by atoms with Gasteiger partial charge in [-0.3, -0.25) is 9.79 Å². The normalized spacial score (nSPS) is 15.5. The molecule has 0 saturated carbocycles.